The summed E-state index contributed by atoms with van der Waals surface area (Å²) in [4.78, 5) is 5.41. The van der Waals surface area contributed by atoms with Crippen molar-refractivity contribution in [1.29, 1.82) is 0 Å². The van der Waals surface area contributed by atoms with Crippen LogP contribution in [0.5, 0.6) is 0 Å². The first kappa shape index (κ1) is 66.0. The average molecular weight is 1340 g/mol. The van der Waals surface area contributed by atoms with Gasteiger partial charge in [-0.1, -0.05) is 368 Å². The van der Waals surface area contributed by atoms with Gasteiger partial charge in [-0.25, -0.2) is 0 Å². The predicted molar refractivity (Wildman–Crippen MR) is 445 cm³/mol. The fourth-order valence-corrected chi connectivity index (χ4v) is 17.1. The van der Waals surface area contributed by atoms with Crippen LogP contribution >= 0.6 is 0 Å². The number of nitrogens with zero attached hydrogens (tertiary/aromatic N) is 2. The van der Waals surface area contributed by atoms with E-state index in [-0.39, 0.29) is 28.4 Å². The van der Waals surface area contributed by atoms with Crippen LogP contribution in [0.3, 0.4) is 0 Å². The first-order valence-corrected chi connectivity index (χ1v) is 37.2. The van der Waals surface area contributed by atoms with Gasteiger partial charge in [0.1, 0.15) is 0 Å². The molecule has 0 bridgehead atoms. The molecule has 0 saturated heterocycles. The van der Waals surface area contributed by atoms with Crippen molar-refractivity contribution < 1.29 is 0 Å². The maximum Gasteiger partial charge on any atom is 0.252 e. The molecular formula is C101H89BN2. The summed E-state index contributed by atoms with van der Waals surface area (Å²) in [5.41, 5.74) is 36.4. The highest BCUT2D eigenvalue weighted by Crippen LogP contribution is 2.60. The molecule has 0 amide bonds. The van der Waals surface area contributed by atoms with Crippen LogP contribution in [0.1, 0.15) is 128 Å². The Balaban J connectivity index is 1.04. The molecule has 0 unspecified atom stereocenters. The smallest absolute Gasteiger partial charge is 0.252 e. The van der Waals surface area contributed by atoms with Gasteiger partial charge in [0.2, 0.25) is 0 Å². The van der Waals surface area contributed by atoms with E-state index in [1.165, 1.54) is 105 Å². The zero-order chi connectivity index (χ0) is 71.6. The highest BCUT2D eigenvalue weighted by atomic mass is 15.2. The second-order valence-electron chi connectivity index (χ2n) is 33.2. The summed E-state index contributed by atoms with van der Waals surface area (Å²) in [7, 11) is 0. The van der Waals surface area contributed by atoms with Crippen LogP contribution < -0.4 is 26.2 Å². The van der Waals surface area contributed by atoms with Crippen molar-refractivity contribution in [3.8, 4) is 77.9 Å². The summed E-state index contributed by atoms with van der Waals surface area (Å²) >= 11 is 0. The minimum Gasteiger partial charge on any atom is -0.311 e. The molecule has 14 aromatic rings. The van der Waals surface area contributed by atoms with Crippen LogP contribution in [0.4, 0.5) is 34.1 Å². The van der Waals surface area contributed by atoms with Gasteiger partial charge >= 0.3 is 0 Å². The Kier molecular flexibility index (Phi) is 15.9. The highest BCUT2D eigenvalue weighted by Gasteiger charge is 2.49. The number of anilines is 6. The molecule has 104 heavy (non-hydrogen) atoms. The highest BCUT2D eigenvalue weighted by molar-refractivity contribution is 7.00. The molecule has 3 aliphatic rings. The molecule has 2 aliphatic heterocycles. The number of hydrogen-bond donors (Lipinski definition) is 0. The Hall–Kier alpha value is -11.3. The van der Waals surface area contributed by atoms with Crippen molar-refractivity contribution in [2.24, 2.45) is 0 Å². The molecule has 0 radical (unpaired) electrons. The zero-order valence-electron chi connectivity index (χ0n) is 62.1. The Morgan fingerprint density at radius 2 is 0.673 bits per heavy atom. The lowest BCUT2D eigenvalue weighted by atomic mass is 9.33. The number of rotatable bonds is 10. The molecule has 0 spiro atoms. The molecule has 0 atom stereocenters. The summed E-state index contributed by atoms with van der Waals surface area (Å²) in [6, 6.07) is 124. The van der Waals surface area contributed by atoms with E-state index in [0.717, 1.165) is 67.5 Å². The summed E-state index contributed by atoms with van der Waals surface area (Å²) in [6.07, 6.45) is 0. The van der Waals surface area contributed by atoms with Crippen LogP contribution in [-0.4, -0.2) is 6.71 Å². The van der Waals surface area contributed by atoms with E-state index in [9.17, 15) is 0 Å². The Morgan fingerprint density at radius 1 is 0.240 bits per heavy atom. The Bertz CT molecular complexity index is 5500. The van der Waals surface area contributed by atoms with Crippen molar-refractivity contribution in [3.05, 3.63) is 366 Å². The third-order valence-corrected chi connectivity index (χ3v) is 22.6. The molecule has 506 valence electrons. The van der Waals surface area contributed by atoms with E-state index < -0.39 is 5.41 Å². The lowest BCUT2D eigenvalue weighted by Gasteiger charge is -2.46. The first-order chi connectivity index (χ1) is 50.1. The van der Waals surface area contributed by atoms with Gasteiger partial charge in [0, 0.05) is 39.4 Å². The van der Waals surface area contributed by atoms with E-state index in [0.29, 0.717) is 0 Å². The van der Waals surface area contributed by atoms with Crippen molar-refractivity contribution in [2.45, 2.75) is 110 Å². The predicted octanol–water partition coefficient (Wildman–Crippen LogP) is 25.3. The Labute approximate surface area is 617 Å². The van der Waals surface area contributed by atoms with Gasteiger partial charge in [0.15, 0.2) is 0 Å². The topological polar surface area (TPSA) is 6.48 Å². The zero-order valence-corrected chi connectivity index (χ0v) is 62.1. The van der Waals surface area contributed by atoms with Gasteiger partial charge in [0.25, 0.3) is 6.71 Å². The van der Waals surface area contributed by atoms with Crippen molar-refractivity contribution in [1.82, 2.24) is 0 Å². The maximum atomic E-state index is 2.71. The van der Waals surface area contributed by atoms with E-state index in [1.807, 2.05) is 0 Å². The number of fused-ring (bicyclic) bond motifs is 7. The number of para-hydroxylation sites is 1. The molecule has 17 rings (SSSR count). The SMILES string of the molecule is CC(C)(C)c1ccc(-c2ccc3c(c2)B2c4ccc(-c5cccc6c5C(c5ccccc5)(c5ccccc5)c5ccccc5-6)cc4N(c4ccc(C(C)(C)C)cc4-c4ccccc4)c4cc(-c5cc(C(C)(C)C)cc(C(C)(C)C)c5)cc(c42)N3c2c(-c3ccccc3)cccc2-c2ccccc2)cc1. The molecule has 0 N–H and O–H groups in total. The average Bonchev–Trinajstić information content (AvgIpc) is 1.33. The summed E-state index contributed by atoms with van der Waals surface area (Å²) < 4.78 is 0. The molecule has 0 aromatic heterocycles. The molecule has 2 heterocycles. The fraction of sp³-hybridized carbons (Fsp3) is 0.168. The van der Waals surface area contributed by atoms with Gasteiger partial charge in [-0.15, -0.1) is 0 Å². The summed E-state index contributed by atoms with van der Waals surface area (Å²) in [5, 5.41) is 0. The van der Waals surface area contributed by atoms with Crippen LogP contribution in [-0.2, 0) is 27.1 Å². The number of benzene rings is 14. The van der Waals surface area contributed by atoms with Gasteiger partial charge < -0.3 is 9.80 Å². The second kappa shape index (κ2) is 25.0. The van der Waals surface area contributed by atoms with Gasteiger partial charge in [0.05, 0.1) is 16.8 Å². The molecule has 14 aromatic carbocycles. The summed E-state index contributed by atoms with van der Waals surface area (Å²) in [6.45, 7) is 27.9. The standard InChI is InChI=1S/C101H89BN2/c1-97(2,3)74-52-48-66(49-53-74)70-51-56-90-88(60-70)102-87-55-50-71(80-43-30-46-84-83-42-28-29-47-86(83)101(94(80)84,75-38-24-16-25-39-75)76-40-26-17-27-41-76)61-91(87)103(89-57-54-77(98(4,5)6)65-85(89)69-36-22-15-23-37-69)92-62-73(72-58-78(99(7,8)9)64-79(59-72)100(10,11)12)63-93(95(92)102)104(90)96-81(67-32-18-13-19-33-67)44-31-45-82(96)68-34-20-14-21-35-68/h13-65H,1-12H3. The minimum atomic E-state index is -0.643. The first-order valence-electron chi connectivity index (χ1n) is 37.2. The monoisotopic (exact) mass is 1340 g/mol. The normalized spacial score (nSPS) is 13.6. The largest absolute Gasteiger partial charge is 0.311 e. The van der Waals surface area contributed by atoms with Crippen molar-refractivity contribution in [3.63, 3.8) is 0 Å². The van der Waals surface area contributed by atoms with Crippen molar-refractivity contribution in [2.75, 3.05) is 9.80 Å². The lowest BCUT2D eigenvalue weighted by Crippen LogP contribution is -2.61. The lowest BCUT2D eigenvalue weighted by molar-refractivity contribution is 0.569. The van der Waals surface area contributed by atoms with Gasteiger partial charge in [-0.3, -0.25) is 0 Å². The van der Waals surface area contributed by atoms with E-state index in [2.05, 4.69) is 414 Å². The molecule has 1 aliphatic carbocycles. The molecule has 0 fully saturated rings. The van der Waals surface area contributed by atoms with E-state index in [4.69, 9.17) is 0 Å². The van der Waals surface area contributed by atoms with E-state index in [1.54, 1.807) is 0 Å². The Morgan fingerprint density at radius 3 is 1.23 bits per heavy atom. The molecule has 3 heteroatoms. The third-order valence-electron chi connectivity index (χ3n) is 22.6. The van der Waals surface area contributed by atoms with Crippen LogP contribution in [0.15, 0.2) is 322 Å². The second-order valence-corrected chi connectivity index (χ2v) is 33.2. The quantitative estimate of drug-likeness (QED) is 0.126. The van der Waals surface area contributed by atoms with Crippen LogP contribution in [0.2, 0.25) is 0 Å². The maximum absolute atomic E-state index is 2.71. The van der Waals surface area contributed by atoms with Gasteiger partial charge in [-0.2, -0.15) is 0 Å². The van der Waals surface area contributed by atoms with Crippen LogP contribution in [0, 0.1) is 0 Å². The van der Waals surface area contributed by atoms with E-state index >= 15 is 0 Å². The van der Waals surface area contributed by atoms with Crippen molar-refractivity contribution >= 4 is 57.2 Å². The third kappa shape index (κ3) is 11.1. The summed E-state index contributed by atoms with van der Waals surface area (Å²) in [5.74, 6) is 0. The molecule has 0 saturated carbocycles. The number of hydrogen-bond acceptors (Lipinski definition) is 2. The van der Waals surface area contributed by atoms with Crippen LogP contribution in [0.25, 0.3) is 77.9 Å². The molecular weight excluding hydrogens is 1250 g/mol. The minimum absolute atomic E-state index is 0.00278. The van der Waals surface area contributed by atoms with Gasteiger partial charge in [-0.05, 0) is 180 Å². The molecule has 2 nitrogen and oxygen atoms in total. The fourth-order valence-electron chi connectivity index (χ4n) is 17.1.